The number of halogens is 2. The molecule has 1 aliphatic rings. The zero-order valence-corrected chi connectivity index (χ0v) is 25.8. The molecule has 0 fully saturated rings. The molecule has 1 aliphatic carbocycles. The smallest absolute Gasteiger partial charge is 0.335 e. The lowest BCUT2D eigenvalue weighted by Gasteiger charge is -2.16. The molecule has 12 nitrogen and oxygen atoms in total. The number of nitrogens with zero attached hydrogens (tertiary/aromatic N) is 2. The number of carboxylic acid groups (broad SMARTS) is 1. The van der Waals surface area contributed by atoms with Crippen LogP contribution in [0.15, 0.2) is 66.9 Å². The van der Waals surface area contributed by atoms with Gasteiger partial charge in [-0.2, -0.15) is 0 Å². The number of anilines is 1. The lowest BCUT2D eigenvalue weighted by atomic mass is 9.98. The molecule has 4 aromatic rings. The summed E-state index contributed by atoms with van der Waals surface area (Å²) in [5, 5.41) is 17.6. The quantitative estimate of drug-likeness (QED) is 0.157. The van der Waals surface area contributed by atoms with Gasteiger partial charge >= 0.3 is 5.97 Å². The number of hydrogen-bond donors (Lipinski definition) is 5. The van der Waals surface area contributed by atoms with Crippen LogP contribution in [0.2, 0.25) is 0 Å². The zero-order chi connectivity index (χ0) is 34.5. The van der Waals surface area contributed by atoms with Crippen molar-refractivity contribution in [3.05, 3.63) is 124 Å². The van der Waals surface area contributed by atoms with E-state index in [-0.39, 0.29) is 40.5 Å². The first-order valence-corrected chi connectivity index (χ1v) is 14.6. The van der Waals surface area contributed by atoms with E-state index in [4.69, 9.17) is 10.5 Å². The Balaban J connectivity index is 1.44. The molecule has 48 heavy (non-hydrogen) atoms. The van der Waals surface area contributed by atoms with E-state index in [1.165, 1.54) is 19.2 Å². The Bertz CT molecular complexity index is 1960. The van der Waals surface area contributed by atoms with Crippen LogP contribution in [0, 0.1) is 18.6 Å². The van der Waals surface area contributed by atoms with Gasteiger partial charge in [-0.25, -0.2) is 23.5 Å². The Morgan fingerprint density at radius 1 is 0.979 bits per heavy atom. The first kappa shape index (κ1) is 33.2. The topological polar surface area (TPSA) is 186 Å². The van der Waals surface area contributed by atoms with E-state index >= 15 is 0 Å². The molecule has 1 aromatic heterocycles. The highest BCUT2D eigenvalue weighted by atomic mass is 19.2. The van der Waals surface area contributed by atoms with Crippen LogP contribution in [-0.4, -0.2) is 45.9 Å². The fourth-order valence-corrected chi connectivity index (χ4v) is 5.34. The van der Waals surface area contributed by atoms with Crippen LogP contribution in [-0.2, 0) is 17.8 Å². The van der Waals surface area contributed by atoms with Crippen LogP contribution in [0.1, 0.15) is 71.9 Å². The number of benzene rings is 3. The van der Waals surface area contributed by atoms with Gasteiger partial charge in [0.05, 0.1) is 24.3 Å². The predicted octanol–water partition coefficient (Wildman–Crippen LogP) is 4.06. The number of nitrogens with two attached hydrogens (primary N) is 1. The Morgan fingerprint density at radius 2 is 1.69 bits per heavy atom. The van der Waals surface area contributed by atoms with Crippen molar-refractivity contribution in [2.45, 2.75) is 32.4 Å². The van der Waals surface area contributed by atoms with E-state index in [1.54, 1.807) is 37.3 Å². The molecule has 1 heterocycles. The van der Waals surface area contributed by atoms with Gasteiger partial charge in [0.1, 0.15) is 17.1 Å². The standard InChI is InChI=1S/C34H30F2N6O6/c1-17-21-10-12-27(23(21)9-8-22(17)34(46)47)42-33(45)29-14-28(32(44)38-16-18-3-11-25(35)26(36)13-18)40-30(41-29)24(15-37)31(43)39-19-4-6-20(48-2)7-5-19/h3-9,11,13-15,27H,10,12,16,37H2,1-2H3,(H,38,44)(H,39,43)(H,42,45)(H,46,47)/t27-/m0/s1. The summed E-state index contributed by atoms with van der Waals surface area (Å²) in [5.74, 6) is -5.18. The van der Waals surface area contributed by atoms with Gasteiger partial charge in [-0.05, 0) is 84.5 Å². The van der Waals surface area contributed by atoms with Gasteiger partial charge in [0.2, 0.25) is 0 Å². The summed E-state index contributed by atoms with van der Waals surface area (Å²) in [5.41, 5.74) is 8.02. The first-order valence-electron chi connectivity index (χ1n) is 14.6. The molecule has 0 bridgehead atoms. The third kappa shape index (κ3) is 7.12. The molecule has 0 saturated carbocycles. The Morgan fingerprint density at radius 3 is 2.33 bits per heavy atom. The summed E-state index contributed by atoms with van der Waals surface area (Å²) in [4.78, 5) is 60.2. The maximum Gasteiger partial charge on any atom is 0.335 e. The molecular weight excluding hydrogens is 626 g/mol. The van der Waals surface area contributed by atoms with Crippen LogP contribution in [0.3, 0.4) is 0 Å². The second-order valence-corrected chi connectivity index (χ2v) is 10.8. The molecule has 0 aliphatic heterocycles. The fourth-order valence-electron chi connectivity index (χ4n) is 5.34. The maximum atomic E-state index is 13.7. The van der Waals surface area contributed by atoms with Gasteiger partial charge in [0.15, 0.2) is 17.5 Å². The van der Waals surface area contributed by atoms with Crippen molar-refractivity contribution < 1.29 is 37.8 Å². The summed E-state index contributed by atoms with van der Waals surface area (Å²) in [6.45, 7) is 1.51. The highest BCUT2D eigenvalue weighted by Gasteiger charge is 2.29. The number of hydrogen-bond acceptors (Lipinski definition) is 8. The number of carbonyl (C=O) groups is 4. The molecule has 3 aromatic carbocycles. The van der Waals surface area contributed by atoms with Gasteiger partial charge < -0.3 is 31.5 Å². The van der Waals surface area contributed by atoms with Crippen LogP contribution in [0.5, 0.6) is 5.75 Å². The minimum atomic E-state index is -1.09. The van der Waals surface area contributed by atoms with Gasteiger partial charge in [-0.15, -0.1) is 0 Å². The minimum absolute atomic E-state index is 0.175. The molecule has 5 rings (SSSR count). The summed E-state index contributed by atoms with van der Waals surface area (Å²) in [6.07, 6.45) is 1.96. The van der Waals surface area contributed by atoms with Gasteiger partial charge in [0.25, 0.3) is 17.7 Å². The van der Waals surface area contributed by atoms with Crippen molar-refractivity contribution in [1.29, 1.82) is 0 Å². The lowest BCUT2D eigenvalue weighted by molar-refractivity contribution is -0.111. The fraction of sp³-hybridized carbons (Fsp3) is 0.176. The number of rotatable bonds is 10. The minimum Gasteiger partial charge on any atom is -0.497 e. The molecule has 246 valence electrons. The van der Waals surface area contributed by atoms with E-state index in [0.29, 0.717) is 29.8 Å². The third-order valence-corrected chi connectivity index (χ3v) is 7.86. The van der Waals surface area contributed by atoms with Gasteiger partial charge in [0, 0.05) is 24.5 Å². The van der Waals surface area contributed by atoms with Crippen molar-refractivity contribution in [2.75, 3.05) is 12.4 Å². The molecule has 0 radical (unpaired) electrons. The van der Waals surface area contributed by atoms with Gasteiger partial charge in [-0.3, -0.25) is 14.4 Å². The highest BCUT2D eigenvalue weighted by molar-refractivity contribution is 6.24. The highest BCUT2D eigenvalue weighted by Crippen LogP contribution is 2.35. The van der Waals surface area contributed by atoms with Crippen molar-refractivity contribution in [1.82, 2.24) is 20.6 Å². The monoisotopic (exact) mass is 656 g/mol. The molecule has 6 N–H and O–H groups in total. The van der Waals surface area contributed by atoms with Crippen molar-refractivity contribution in [2.24, 2.45) is 5.73 Å². The molecule has 3 amide bonds. The van der Waals surface area contributed by atoms with E-state index < -0.39 is 41.4 Å². The third-order valence-electron chi connectivity index (χ3n) is 7.86. The average Bonchev–Trinajstić information content (AvgIpc) is 3.49. The van der Waals surface area contributed by atoms with Crippen molar-refractivity contribution in [3.63, 3.8) is 0 Å². The maximum absolute atomic E-state index is 13.7. The van der Waals surface area contributed by atoms with Crippen molar-refractivity contribution >= 4 is 35.0 Å². The molecule has 0 unspecified atom stereocenters. The Kier molecular flexibility index (Phi) is 9.73. The van der Waals surface area contributed by atoms with Crippen LogP contribution < -0.4 is 26.4 Å². The number of methoxy groups -OCH3 is 1. The second-order valence-electron chi connectivity index (χ2n) is 10.8. The lowest BCUT2D eigenvalue weighted by Crippen LogP contribution is -2.30. The van der Waals surface area contributed by atoms with E-state index in [9.17, 15) is 33.1 Å². The number of fused-ring (bicyclic) bond motifs is 1. The SMILES string of the molecule is COc1ccc(NC(=O)C(=CN)c2nc(C(=O)NCc3ccc(F)c(F)c3)cc(C(=O)N[C@H]3CCc4c3ccc(C(=O)O)c4C)n2)cc1. The molecule has 1 atom stereocenters. The number of carboxylic acids is 1. The average molecular weight is 657 g/mol. The number of ether oxygens (including phenoxy) is 1. The number of nitrogens with one attached hydrogen (secondary N) is 3. The number of carbonyl (C=O) groups excluding carboxylic acids is 3. The summed E-state index contributed by atoms with van der Waals surface area (Å²) in [7, 11) is 1.50. The van der Waals surface area contributed by atoms with E-state index in [2.05, 4.69) is 25.9 Å². The summed E-state index contributed by atoms with van der Waals surface area (Å²) < 4.78 is 32.2. The number of aromatic carboxylic acids is 1. The number of aromatic nitrogens is 2. The largest absolute Gasteiger partial charge is 0.497 e. The zero-order valence-electron chi connectivity index (χ0n) is 25.8. The predicted molar refractivity (Wildman–Crippen MR) is 170 cm³/mol. The van der Waals surface area contributed by atoms with E-state index in [0.717, 1.165) is 35.5 Å². The van der Waals surface area contributed by atoms with Crippen molar-refractivity contribution in [3.8, 4) is 5.75 Å². The molecule has 14 heteroatoms. The second kappa shape index (κ2) is 14.1. The summed E-state index contributed by atoms with van der Waals surface area (Å²) in [6, 6.07) is 13.4. The normalized spacial score (nSPS) is 13.8. The van der Waals surface area contributed by atoms with E-state index in [1.807, 2.05) is 0 Å². The number of amides is 3. The molecule has 0 spiro atoms. The molecular formula is C34H30F2N6O6. The van der Waals surface area contributed by atoms with Crippen LogP contribution in [0.25, 0.3) is 5.57 Å². The first-order chi connectivity index (χ1) is 23.0. The summed E-state index contributed by atoms with van der Waals surface area (Å²) >= 11 is 0. The molecule has 0 saturated heterocycles. The van der Waals surface area contributed by atoms with Crippen LogP contribution >= 0.6 is 0 Å². The van der Waals surface area contributed by atoms with Crippen LogP contribution in [0.4, 0.5) is 14.5 Å². The Hall–Kier alpha value is -6.18. The Labute approximate surface area is 273 Å². The van der Waals surface area contributed by atoms with Gasteiger partial charge in [-0.1, -0.05) is 12.1 Å².